The lowest BCUT2D eigenvalue weighted by atomic mass is 10.1. The predicted molar refractivity (Wildman–Crippen MR) is 80.1 cm³/mol. The van der Waals surface area contributed by atoms with Crippen LogP contribution in [0.5, 0.6) is 0 Å². The minimum Gasteiger partial charge on any atom is -0.378 e. The number of amides is 1. The molecule has 0 spiro atoms. The first-order valence-corrected chi connectivity index (χ1v) is 7.56. The van der Waals surface area contributed by atoms with Crippen LogP contribution in [0.25, 0.3) is 0 Å². The van der Waals surface area contributed by atoms with E-state index in [1.807, 2.05) is 12.1 Å². The molecule has 0 aromatic heterocycles. The predicted octanol–water partition coefficient (Wildman–Crippen LogP) is 2.65. The monoisotopic (exact) mass is 274 g/mol. The minimum atomic E-state index is 0.182. The Bertz CT molecular complexity index is 446. The van der Waals surface area contributed by atoms with Crippen molar-refractivity contribution in [3.8, 4) is 0 Å². The van der Waals surface area contributed by atoms with Gasteiger partial charge in [-0.05, 0) is 37.1 Å². The largest absolute Gasteiger partial charge is 0.378 e. The number of rotatable bonds is 3. The number of carbonyl (C=O) groups is 1. The number of ether oxygens (including phenoxy) is 1. The van der Waals surface area contributed by atoms with Crippen LogP contribution in [0.15, 0.2) is 24.3 Å². The first-order chi connectivity index (χ1) is 9.83. The highest BCUT2D eigenvalue weighted by Crippen LogP contribution is 2.26. The Hall–Kier alpha value is -1.55. The Kier molecular flexibility index (Phi) is 4.21. The zero-order valence-electron chi connectivity index (χ0n) is 11.8. The van der Waals surface area contributed by atoms with Crippen molar-refractivity contribution < 1.29 is 9.53 Å². The summed E-state index contributed by atoms with van der Waals surface area (Å²) in [4.78, 5) is 14.4. The third-order valence-electron chi connectivity index (χ3n) is 4.24. The topological polar surface area (TPSA) is 41.6 Å². The Morgan fingerprint density at radius 3 is 2.40 bits per heavy atom. The molecule has 1 N–H and O–H groups in total. The second kappa shape index (κ2) is 6.27. The van der Waals surface area contributed by atoms with E-state index in [0.29, 0.717) is 0 Å². The van der Waals surface area contributed by atoms with E-state index in [0.717, 1.165) is 44.8 Å². The molecular formula is C16H22N2O2. The average Bonchev–Trinajstić information content (AvgIpc) is 3.03. The summed E-state index contributed by atoms with van der Waals surface area (Å²) in [5.74, 6) is 0.399. The molecule has 4 heteroatoms. The van der Waals surface area contributed by atoms with Gasteiger partial charge in [-0.1, -0.05) is 12.8 Å². The molecule has 108 valence electrons. The highest BCUT2D eigenvalue weighted by molar-refractivity contribution is 5.92. The van der Waals surface area contributed by atoms with E-state index in [4.69, 9.17) is 4.74 Å². The second-order valence-corrected chi connectivity index (χ2v) is 5.62. The van der Waals surface area contributed by atoms with Crippen LogP contribution < -0.4 is 10.2 Å². The molecule has 1 heterocycles. The summed E-state index contributed by atoms with van der Waals surface area (Å²) in [7, 11) is 0. The molecule has 2 fully saturated rings. The highest BCUT2D eigenvalue weighted by atomic mass is 16.5. The number of hydrogen-bond acceptors (Lipinski definition) is 3. The molecule has 2 aliphatic rings. The van der Waals surface area contributed by atoms with E-state index in [1.54, 1.807) is 0 Å². The van der Waals surface area contributed by atoms with Crippen LogP contribution in [0.2, 0.25) is 0 Å². The maximum Gasteiger partial charge on any atom is 0.227 e. The van der Waals surface area contributed by atoms with Gasteiger partial charge >= 0.3 is 0 Å². The summed E-state index contributed by atoms with van der Waals surface area (Å²) in [5, 5.41) is 3.03. The lowest BCUT2D eigenvalue weighted by Gasteiger charge is -2.28. The van der Waals surface area contributed by atoms with Crippen LogP contribution >= 0.6 is 0 Å². The van der Waals surface area contributed by atoms with Gasteiger partial charge in [0.1, 0.15) is 0 Å². The molecule has 1 aromatic rings. The maximum atomic E-state index is 12.1. The number of carbonyl (C=O) groups excluding carboxylic acids is 1. The molecular weight excluding hydrogens is 252 g/mol. The summed E-state index contributed by atoms with van der Waals surface area (Å²) < 4.78 is 5.36. The maximum absolute atomic E-state index is 12.1. The van der Waals surface area contributed by atoms with Gasteiger partial charge < -0.3 is 15.0 Å². The highest BCUT2D eigenvalue weighted by Gasteiger charge is 2.22. The molecule has 0 unspecified atom stereocenters. The summed E-state index contributed by atoms with van der Waals surface area (Å²) in [6, 6.07) is 8.15. The van der Waals surface area contributed by atoms with Gasteiger partial charge in [-0.15, -0.1) is 0 Å². The fourth-order valence-electron chi connectivity index (χ4n) is 3.01. The van der Waals surface area contributed by atoms with Gasteiger partial charge in [-0.2, -0.15) is 0 Å². The van der Waals surface area contributed by atoms with E-state index in [-0.39, 0.29) is 11.8 Å². The molecule has 1 aromatic carbocycles. The van der Waals surface area contributed by atoms with Crippen molar-refractivity contribution in [2.45, 2.75) is 25.7 Å². The molecule has 1 aliphatic heterocycles. The van der Waals surface area contributed by atoms with Gasteiger partial charge in [-0.25, -0.2) is 0 Å². The summed E-state index contributed by atoms with van der Waals surface area (Å²) in [6.45, 7) is 3.46. The number of nitrogens with one attached hydrogen (secondary N) is 1. The molecule has 20 heavy (non-hydrogen) atoms. The number of benzene rings is 1. The second-order valence-electron chi connectivity index (χ2n) is 5.62. The van der Waals surface area contributed by atoms with Gasteiger partial charge in [0, 0.05) is 30.4 Å². The van der Waals surface area contributed by atoms with Gasteiger partial charge in [0.25, 0.3) is 0 Å². The number of nitrogens with zero attached hydrogens (tertiary/aromatic N) is 1. The third-order valence-corrected chi connectivity index (χ3v) is 4.24. The van der Waals surface area contributed by atoms with Crippen molar-refractivity contribution in [1.82, 2.24) is 0 Å². The van der Waals surface area contributed by atoms with E-state index >= 15 is 0 Å². The van der Waals surface area contributed by atoms with Gasteiger partial charge in [0.2, 0.25) is 5.91 Å². The fourth-order valence-corrected chi connectivity index (χ4v) is 3.01. The number of morpholine rings is 1. The lowest BCUT2D eigenvalue weighted by molar-refractivity contribution is -0.119. The van der Waals surface area contributed by atoms with Gasteiger partial charge in [-0.3, -0.25) is 4.79 Å². The van der Waals surface area contributed by atoms with Gasteiger partial charge in [0.15, 0.2) is 0 Å². The summed E-state index contributed by atoms with van der Waals surface area (Å²) in [5.41, 5.74) is 2.10. The Labute approximate surface area is 120 Å². The lowest BCUT2D eigenvalue weighted by Crippen LogP contribution is -2.36. The fraction of sp³-hybridized carbons (Fsp3) is 0.562. The quantitative estimate of drug-likeness (QED) is 0.921. The summed E-state index contributed by atoms with van der Waals surface area (Å²) >= 11 is 0. The van der Waals surface area contributed by atoms with E-state index in [1.165, 1.54) is 18.5 Å². The van der Waals surface area contributed by atoms with Crippen molar-refractivity contribution in [2.75, 3.05) is 36.5 Å². The van der Waals surface area contributed by atoms with Crippen LogP contribution in [0.3, 0.4) is 0 Å². The van der Waals surface area contributed by atoms with Crippen molar-refractivity contribution in [3.05, 3.63) is 24.3 Å². The molecule has 1 aliphatic carbocycles. The standard InChI is InChI=1S/C16H22N2O2/c19-16(13-3-1-2-4-13)17-14-5-7-15(8-6-14)18-9-11-20-12-10-18/h5-8,13H,1-4,9-12H2,(H,17,19). The molecule has 0 radical (unpaired) electrons. The van der Waals surface area contributed by atoms with Gasteiger partial charge in [0.05, 0.1) is 13.2 Å². The first-order valence-electron chi connectivity index (χ1n) is 7.56. The van der Waals surface area contributed by atoms with Crippen LogP contribution in [0, 0.1) is 5.92 Å². The zero-order chi connectivity index (χ0) is 13.8. The first kappa shape index (κ1) is 13.4. The minimum absolute atomic E-state index is 0.182. The van der Waals surface area contributed by atoms with Crippen molar-refractivity contribution in [3.63, 3.8) is 0 Å². The van der Waals surface area contributed by atoms with E-state index in [2.05, 4.69) is 22.3 Å². The molecule has 0 atom stereocenters. The van der Waals surface area contributed by atoms with Crippen LogP contribution in [0.1, 0.15) is 25.7 Å². The molecule has 4 nitrogen and oxygen atoms in total. The molecule has 1 amide bonds. The SMILES string of the molecule is O=C(Nc1ccc(N2CCOCC2)cc1)C1CCCC1. The number of hydrogen-bond donors (Lipinski definition) is 1. The van der Waals surface area contributed by atoms with Crippen LogP contribution in [0.4, 0.5) is 11.4 Å². The van der Waals surface area contributed by atoms with Crippen molar-refractivity contribution in [1.29, 1.82) is 0 Å². The third kappa shape index (κ3) is 3.12. The molecule has 1 saturated carbocycles. The normalized spacial score (nSPS) is 20.1. The molecule has 0 bridgehead atoms. The van der Waals surface area contributed by atoms with E-state index in [9.17, 15) is 4.79 Å². The smallest absolute Gasteiger partial charge is 0.227 e. The average molecular weight is 274 g/mol. The van der Waals surface area contributed by atoms with Crippen LogP contribution in [-0.2, 0) is 9.53 Å². The Morgan fingerprint density at radius 2 is 1.75 bits per heavy atom. The molecule has 1 saturated heterocycles. The van der Waals surface area contributed by atoms with Crippen molar-refractivity contribution >= 4 is 17.3 Å². The van der Waals surface area contributed by atoms with Crippen molar-refractivity contribution in [2.24, 2.45) is 5.92 Å². The van der Waals surface area contributed by atoms with Crippen LogP contribution in [-0.4, -0.2) is 32.2 Å². The summed E-state index contributed by atoms with van der Waals surface area (Å²) in [6.07, 6.45) is 4.46. The Morgan fingerprint density at radius 1 is 1.10 bits per heavy atom. The Balaban J connectivity index is 1.59. The molecule has 3 rings (SSSR count). The number of anilines is 2. The zero-order valence-corrected chi connectivity index (χ0v) is 11.8. The van der Waals surface area contributed by atoms with E-state index < -0.39 is 0 Å².